The van der Waals surface area contributed by atoms with Crippen LogP contribution in [0.25, 0.3) is 10.9 Å². The molecule has 4 heteroatoms. The molecule has 72 valence electrons. The Kier molecular flexibility index (Phi) is 1.89. The van der Waals surface area contributed by atoms with Crippen LogP contribution in [0.2, 0.25) is 0 Å². The van der Waals surface area contributed by atoms with Crippen molar-refractivity contribution in [3.8, 4) is 5.75 Å². The molecule has 2 rings (SSSR count). The van der Waals surface area contributed by atoms with E-state index in [1.54, 1.807) is 31.4 Å². The highest BCUT2D eigenvalue weighted by molar-refractivity contribution is 5.85. The SMILES string of the molecule is COc1cccc2c1ccc(=O)n2O. The first kappa shape index (κ1) is 8.62. The molecule has 0 amide bonds. The van der Waals surface area contributed by atoms with E-state index in [4.69, 9.17) is 4.74 Å². The molecular weight excluding hydrogens is 182 g/mol. The number of benzene rings is 1. The maximum atomic E-state index is 11.1. The molecule has 0 fully saturated rings. The van der Waals surface area contributed by atoms with Gasteiger partial charge < -0.3 is 9.94 Å². The molecule has 1 aromatic carbocycles. The molecule has 0 aliphatic carbocycles. The standard InChI is InChI=1S/C10H9NO3/c1-14-9-4-2-3-8-7(9)5-6-10(12)11(8)13/h2-6,13H,1H3. The van der Waals surface area contributed by atoms with Gasteiger partial charge in [0, 0.05) is 11.5 Å². The molecule has 0 saturated heterocycles. The number of nitrogens with zero attached hydrogens (tertiary/aromatic N) is 1. The van der Waals surface area contributed by atoms with E-state index in [1.165, 1.54) is 6.07 Å². The molecule has 2 aromatic rings. The van der Waals surface area contributed by atoms with Gasteiger partial charge in [-0.1, -0.05) is 6.07 Å². The molecule has 0 unspecified atom stereocenters. The van der Waals surface area contributed by atoms with Gasteiger partial charge in [0.25, 0.3) is 5.56 Å². The summed E-state index contributed by atoms with van der Waals surface area (Å²) in [6, 6.07) is 8.06. The molecule has 0 atom stereocenters. The zero-order chi connectivity index (χ0) is 10.1. The van der Waals surface area contributed by atoms with Crippen LogP contribution in [0.4, 0.5) is 0 Å². The van der Waals surface area contributed by atoms with E-state index in [-0.39, 0.29) is 0 Å². The average Bonchev–Trinajstić information content (AvgIpc) is 2.23. The highest BCUT2D eigenvalue weighted by atomic mass is 16.5. The molecule has 1 heterocycles. The van der Waals surface area contributed by atoms with Crippen LogP contribution in [0.15, 0.2) is 35.1 Å². The van der Waals surface area contributed by atoms with Gasteiger partial charge in [-0.2, -0.15) is 0 Å². The zero-order valence-electron chi connectivity index (χ0n) is 7.60. The minimum Gasteiger partial charge on any atom is -0.496 e. The third-order valence-electron chi connectivity index (χ3n) is 2.09. The summed E-state index contributed by atoms with van der Waals surface area (Å²) in [5, 5.41) is 10.1. The van der Waals surface area contributed by atoms with Gasteiger partial charge in [0.1, 0.15) is 5.75 Å². The monoisotopic (exact) mass is 191 g/mol. The Morgan fingerprint density at radius 3 is 2.79 bits per heavy atom. The summed E-state index contributed by atoms with van der Waals surface area (Å²) in [6.07, 6.45) is 0. The Labute approximate surface area is 79.9 Å². The number of aromatic nitrogens is 1. The fraction of sp³-hybridized carbons (Fsp3) is 0.100. The average molecular weight is 191 g/mol. The number of hydrogen-bond donors (Lipinski definition) is 1. The van der Waals surface area contributed by atoms with Gasteiger partial charge in [0.15, 0.2) is 0 Å². The Morgan fingerprint density at radius 2 is 2.07 bits per heavy atom. The largest absolute Gasteiger partial charge is 0.496 e. The topological polar surface area (TPSA) is 51.5 Å². The lowest BCUT2D eigenvalue weighted by Crippen LogP contribution is -2.16. The van der Waals surface area contributed by atoms with Crippen LogP contribution < -0.4 is 10.3 Å². The van der Waals surface area contributed by atoms with Crippen LogP contribution in [-0.4, -0.2) is 17.0 Å². The van der Waals surface area contributed by atoms with Gasteiger partial charge >= 0.3 is 0 Å². The van der Waals surface area contributed by atoms with Crippen molar-refractivity contribution in [2.24, 2.45) is 0 Å². The molecule has 0 aliphatic rings. The molecule has 4 nitrogen and oxygen atoms in total. The minimum absolute atomic E-state index is 0.442. The second-order valence-corrected chi connectivity index (χ2v) is 2.88. The first-order valence-corrected chi connectivity index (χ1v) is 4.12. The molecule has 14 heavy (non-hydrogen) atoms. The molecule has 1 aromatic heterocycles. The van der Waals surface area contributed by atoms with Crippen molar-refractivity contribution in [1.82, 2.24) is 4.73 Å². The van der Waals surface area contributed by atoms with Gasteiger partial charge in [0.05, 0.1) is 12.6 Å². The van der Waals surface area contributed by atoms with Crippen molar-refractivity contribution in [2.45, 2.75) is 0 Å². The minimum atomic E-state index is -0.453. The van der Waals surface area contributed by atoms with Crippen molar-refractivity contribution >= 4 is 10.9 Å². The lowest BCUT2D eigenvalue weighted by atomic mass is 10.2. The smallest absolute Gasteiger partial charge is 0.283 e. The fourth-order valence-corrected chi connectivity index (χ4v) is 1.41. The van der Waals surface area contributed by atoms with Gasteiger partial charge in [-0.05, 0) is 18.2 Å². The molecule has 0 saturated carbocycles. The van der Waals surface area contributed by atoms with E-state index in [0.29, 0.717) is 21.4 Å². The summed E-state index contributed by atoms with van der Waals surface area (Å²) < 4.78 is 5.70. The molecule has 0 spiro atoms. The molecule has 0 aliphatic heterocycles. The third kappa shape index (κ3) is 1.12. The van der Waals surface area contributed by atoms with Crippen LogP contribution in [0.3, 0.4) is 0 Å². The third-order valence-corrected chi connectivity index (χ3v) is 2.09. The Hall–Kier alpha value is -1.97. The molecular formula is C10H9NO3. The van der Waals surface area contributed by atoms with Gasteiger partial charge in [-0.15, -0.1) is 4.73 Å². The summed E-state index contributed by atoms with van der Waals surface area (Å²) >= 11 is 0. The lowest BCUT2D eigenvalue weighted by Gasteiger charge is -2.06. The summed E-state index contributed by atoms with van der Waals surface area (Å²) in [7, 11) is 1.54. The van der Waals surface area contributed by atoms with Crippen LogP contribution in [0.5, 0.6) is 5.75 Å². The van der Waals surface area contributed by atoms with Crippen molar-refractivity contribution in [1.29, 1.82) is 0 Å². The van der Waals surface area contributed by atoms with Crippen molar-refractivity contribution in [3.05, 3.63) is 40.7 Å². The van der Waals surface area contributed by atoms with Gasteiger partial charge in [-0.25, -0.2) is 0 Å². The second kappa shape index (κ2) is 3.06. The van der Waals surface area contributed by atoms with Crippen molar-refractivity contribution in [2.75, 3.05) is 7.11 Å². The summed E-state index contributed by atoms with van der Waals surface area (Å²) in [6.45, 7) is 0. The number of pyridine rings is 1. The maximum absolute atomic E-state index is 11.1. The second-order valence-electron chi connectivity index (χ2n) is 2.88. The van der Waals surface area contributed by atoms with Crippen LogP contribution in [-0.2, 0) is 0 Å². The highest BCUT2D eigenvalue weighted by Crippen LogP contribution is 2.22. The van der Waals surface area contributed by atoms with Gasteiger partial charge in [0.2, 0.25) is 0 Å². The van der Waals surface area contributed by atoms with Gasteiger partial charge in [-0.3, -0.25) is 4.79 Å². The summed E-state index contributed by atoms with van der Waals surface area (Å²) in [5.41, 5.74) is -0.0115. The van der Waals surface area contributed by atoms with Crippen molar-refractivity contribution < 1.29 is 9.94 Å². The number of fused-ring (bicyclic) bond motifs is 1. The number of methoxy groups -OCH3 is 1. The molecule has 0 bridgehead atoms. The number of rotatable bonds is 1. The summed E-state index contributed by atoms with van der Waals surface area (Å²) in [4.78, 5) is 11.1. The zero-order valence-corrected chi connectivity index (χ0v) is 7.60. The predicted octanol–water partition coefficient (Wildman–Crippen LogP) is 1.25. The fourth-order valence-electron chi connectivity index (χ4n) is 1.41. The Balaban J connectivity index is 2.93. The first-order valence-electron chi connectivity index (χ1n) is 4.12. The van der Waals surface area contributed by atoms with E-state index < -0.39 is 5.56 Å². The predicted molar refractivity (Wildman–Crippen MR) is 51.9 cm³/mol. The van der Waals surface area contributed by atoms with E-state index in [2.05, 4.69) is 0 Å². The highest BCUT2D eigenvalue weighted by Gasteiger charge is 2.04. The van der Waals surface area contributed by atoms with E-state index >= 15 is 0 Å². The number of ether oxygens (including phenoxy) is 1. The summed E-state index contributed by atoms with van der Waals surface area (Å²) in [5.74, 6) is 0.630. The first-order chi connectivity index (χ1) is 6.74. The maximum Gasteiger partial charge on any atom is 0.283 e. The van der Waals surface area contributed by atoms with Crippen LogP contribution >= 0.6 is 0 Å². The quantitative estimate of drug-likeness (QED) is 0.690. The Morgan fingerprint density at radius 1 is 1.29 bits per heavy atom. The van der Waals surface area contributed by atoms with E-state index in [0.717, 1.165) is 0 Å². The Bertz CT molecular complexity index is 530. The van der Waals surface area contributed by atoms with Crippen molar-refractivity contribution in [3.63, 3.8) is 0 Å². The van der Waals surface area contributed by atoms with E-state index in [1.807, 2.05) is 0 Å². The van der Waals surface area contributed by atoms with Crippen LogP contribution in [0, 0.1) is 0 Å². The van der Waals surface area contributed by atoms with Crippen LogP contribution in [0.1, 0.15) is 0 Å². The molecule has 0 radical (unpaired) electrons. The lowest BCUT2D eigenvalue weighted by molar-refractivity contribution is 0.188. The number of hydrogen-bond acceptors (Lipinski definition) is 3. The molecule has 1 N–H and O–H groups in total. The van der Waals surface area contributed by atoms with E-state index in [9.17, 15) is 10.0 Å². The normalized spacial score (nSPS) is 10.4.